The van der Waals surface area contributed by atoms with Gasteiger partial charge in [-0.05, 0) is 18.9 Å². The fourth-order valence-corrected chi connectivity index (χ4v) is 2.18. The molecule has 0 radical (unpaired) electrons. The zero-order valence-corrected chi connectivity index (χ0v) is 9.24. The Morgan fingerprint density at radius 3 is 2.88 bits per heavy atom. The molecule has 2 heterocycles. The summed E-state index contributed by atoms with van der Waals surface area (Å²) < 4.78 is 0. The first-order chi connectivity index (χ1) is 7.68. The van der Waals surface area contributed by atoms with Crippen LogP contribution in [0, 0.1) is 10.1 Å². The molecule has 0 bridgehead atoms. The Bertz CT molecular complexity index is 411. The van der Waals surface area contributed by atoms with Gasteiger partial charge in [0.05, 0.1) is 11.5 Å². The highest BCUT2D eigenvalue weighted by molar-refractivity contribution is 7.17. The molecular formula is C9H10N2O4S. The number of carbonyl (C=O) groups excluding carboxylic acids is 1. The molecule has 1 aromatic heterocycles. The van der Waals surface area contributed by atoms with E-state index in [1.165, 1.54) is 17.2 Å². The maximum atomic E-state index is 11.8. The first-order valence-electron chi connectivity index (χ1n) is 4.87. The number of thiophene rings is 1. The van der Waals surface area contributed by atoms with E-state index in [1.807, 2.05) is 0 Å². The molecule has 6 nitrogen and oxygen atoms in total. The molecule has 1 aliphatic rings. The average Bonchev–Trinajstić information content (AvgIpc) is 2.78. The van der Waals surface area contributed by atoms with Gasteiger partial charge in [-0.1, -0.05) is 11.3 Å². The van der Waals surface area contributed by atoms with Crippen molar-refractivity contribution >= 4 is 22.2 Å². The Hall–Kier alpha value is -1.47. The first kappa shape index (κ1) is 11.0. The molecule has 86 valence electrons. The summed E-state index contributed by atoms with van der Waals surface area (Å²) in [7, 11) is 0. The number of hydrogen-bond donors (Lipinski definition) is 0. The van der Waals surface area contributed by atoms with Crippen LogP contribution in [0.25, 0.3) is 0 Å². The number of hydrogen-bond acceptors (Lipinski definition) is 5. The van der Waals surface area contributed by atoms with E-state index in [4.69, 9.17) is 4.84 Å². The van der Waals surface area contributed by atoms with Gasteiger partial charge in [0, 0.05) is 12.6 Å². The van der Waals surface area contributed by atoms with Crippen molar-refractivity contribution in [3.8, 4) is 0 Å². The van der Waals surface area contributed by atoms with Crippen LogP contribution < -0.4 is 0 Å². The van der Waals surface area contributed by atoms with Crippen LogP contribution in [0.3, 0.4) is 0 Å². The fourth-order valence-electron chi connectivity index (χ4n) is 1.42. The van der Waals surface area contributed by atoms with E-state index in [9.17, 15) is 14.9 Å². The second-order valence-electron chi connectivity index (χ2n) is 3.34. The van der Waals surface area contributed by atoms with Crippen molar-refractivity contribution in [3.63, 3.8) is 0 Å². The number of nitro groups is 1. The summed E-state index contributed by atoms with van der Waals surface area (Å²) in [6.07, 6.45) is 1.84. The van der Waals surface area contributed by atoms with Crippen LogP contribution in [0.2, 0.25) is 0 Å². The van der Waals surface area contributed by atoms with Crippen LogP contribution >= 0.6 is 11.3 Å². The predicted octanol–water partition coefficient (Wildman–Crippen LogP) is 1.82. The van der Waals surface area contributed by atoms with Gasteiger partial charge in [0.1, 0.15) is 4.88 Å². The van der Waals surface area contributed by atoms with Gasteiger partial charge < -0.3 is 0 Å². The van der Waals surface area contributed by atoms with Crippen LogP contribution in [-0.2, 0) is 4.84 Å². The van der Waals surface area contributed by atoms with Crippen molar-refractivity contribution in [3.05, 3.63) is 27.1 Å². The molecule has 1 amide bonds. The number of amides is 1. The molecule has 7 heteroatoms. The highest BCUT2D eigenvalue weighted by Crippen LogP contribution is 2.25. The third-order valence-corrected chi connectivity index (χ3v) is 3.24. The minimum Gasteiger partial charge on any atom is -0.271 e. The lowest BCUT2D eigenvalue weighted by molar-refractivity contribution is -0.380. The predicted molar refractivity (Wildman–Crippen MR) is 57.2 cm³/mol. The highest BCUT2D eigenvalue weighted by Gasteiger charge is 2.23. The Morgan fingerprint density at radius 2 is 2.31 bits per heavy atom. The number of hydroxylamine groups is 2. The third-order valence-electron chi connectivity index (χ3n) is 2.21. The largest absolute Gasteiger partial charge is 0.324 e. The minimum absolute atomic E-state index is 0.0274. The Kier molecular flexibility index (Phi) is 3.16. The SMILES string of the molecule is O=C(c1ccc([N+](=O)[O-])s1)N1CCCCO1. The van der Waals surface area contributed by atoms with Crippen molar-refractivity contribution in [2.75, 3.05) is 13.2 Å². The van der Waals surface area contributed by atoms with Crippen molar-refractivity contribution in [2.45, 2.75) is 12.8 Å². The van der Waals surface area contributed by atoms with Gasteiger partial charge in [-0.3, -0.25) is 19.7 Å². The van der Waals surface area contributed by atoms with E-state index in [2.05, 4.69) is 0 Å². The molecule has 1 aromatic rings. The van der Waals surface area contributed by atoms with Crippen molar-refractivity contribution < 1.29 is 14.6 Å². The lowest BCUT2D eigenvalue weighted by atomic mass is 10.3. The molecule has 0 spiro atoms. The maximum Gasteiger partial charge on any atom is 0.324 e. The van der Waals surface area contributed by atoms with Gasteiger partial charge in [-0.25, -0.2) is 5.06 Å². The average molecular weight is 242 g/mol. The molecule has 1 fully saturated rings. The molecule has 0 atom stereocenters. The van der Waals surface area contributed by atoms with Gasteiger partial charge in [-0.2, -0.15) is 0 Å². The number of rotatable bonds is 2. The maximum absolute atomic E-state index is 11.8. The van der Waals surface area contributed by atoms with Crippen LogP contribution in [0.5, 0.6) is 0 Å². The number of carbonyl (C=O) groups is 1. The Morgan fingerprint density at radius 1 is 1.50 bits per heavy atom. The highest BCUT2D eigenvalue weighted by atomic mass is 32.1. The zero-order chi connectivity index (χ0) is 11.5. The first-order valence-corrected chi connectivity index (χ1v) is 5.69. The minimum atomic E-state index is -0.501. The standard InChI is InChI=1S/C9H10N2O4S/c12-9(10-5-1-2-6-15-10)7-3-4-8(16-7)11(13)14/h3-4H,1-2,5-6H2. The lowest BCUT2D eigenvalue weighted by Gasteiger charge is -2.25. The van der Waals surface area contributed by atoms with Gasteiger partial charge in [0.25, 0.3) is 5.91 Å². The summed E-state index contributed by atoms with van der Waals surface area (Å²) in [5.74, 6) is -0.294. The van der Waals surface area contributed by atoms with E-state index >= 15 is 0 Å². The zero-order valence-electron chi connectivity index (χ0n) is 8.42. The van der Waals surface area contributed by atoms with E-state index in [1.54, 1.807) is 0 Å². The van der Waals surface area contributed by atoms with Crippen LogP contribution in [0.15, 0.2) is 12.1 Å². The summed E-state index contributed by atoms with van der Waals surface area (Å²) >= 11 is 0.872. The van der Waals surface area contributed by atoms with E-state index < -0.39 is 4.92 Å². The van der Waals surface area contributed by atoms with Gasteiger partial charge in [0.2, 0.25) is 0 Å². The molecule has 0 aliphatic carbocycles. The lowest BCUT2D eigenvalue weighted by Crippen LogP contribution is -2.35. The Balaban J connectivity index is 2.10. The van der Waals surface area contributed by atoms with Crippen molar-refractivity contribution in [1.82, 2.24) is 5.06 Å². The normalized spacial score (nSPS) is 16.1. The Labute approximate surface area is 95.5 Å². The summed E-state index contributed by atoms with van der Waals surface area (Å²) in [5, 5.41) is 11.7. The summed E-state index contributed by atoms with van der Waals surface area (Å²) in [6, 6.07) is 2.80. The molecule has 0 N–H and O–H groups in total. The van der Waals surface area contributed by atoms with Crippen molar-refractivity contribution in [2.24, 2.45) is 0 Å². The monoisotopic (exact) mass is 242 g/mol. The molecule has 2 rings (SSSR count). The third kappa shape index (κ3) is 2.20. The van der Waals surface area contributed by atoms with Crippen LogP contribution in [-0.4, -0.2) is 29.0 Å². The van der Waals surface area contributed by atoms with Gasteiger partial charge in [-0.15, -0.1) is 0 Å². The van der Waals surface area contributed by atoms with Gasteiger partial charge in [0.15, 0.2) is 0 Å². The molecule has 1 aliphatic heterocycles. The topological polar surface area (TPSA) is 72.7 Å². The fraction of sp³-hybridized carbons (Fsp3) is 0.444. The summed E-state index contributed by atoms with van der Waals surface area (Å²) in [4.78, 5) is 27.3. The molecule has 16 heavy (non-hydrogen) atoms. The molecule has 0 aromatic carbocycles. The smallest absolute Gasteiger partial charge is 0.271 e. The van der Waals surface area contributed by atoms with Crippen LogP contribution in [0.4, 0.5) is 5.00 Å². The summed E-state index contributed by atoms with van der Waals surface area (Å²) in [5.41, 5.74) is 0. The molecule has 1 saturated heterocycles. The van der Waals surface area contributed by atoms with Crippen LogP contribution in [0.1, 0.15) is 22.5 Å². The second-order valence-corrected chi connectivity index (χ2v) is 4.40. The summed E-state index contributed by atoms with van der Waals surface area (Å²) in [6.45, 7) is 1.07. The van der Waals surface area contributed by atoms with E-state index in [0.717, 1.165) is 24.2 Å². The van der Waals surface area contributed by atoms with E-state index in [0.29, 0.717) is 18.0 Å². The van der Waals surface area contributed by atoms with Crippen molar-refractivity contribution in [1.29, 1.82) is 0 Å². The quantitative estimate of drug-likeness (QED) is 0.585. The molecule has 0 unspecified atom stereocenters. The number of nitrogens with zero attached hydrogens (tertiary/aromatic N) is 2. The van der Waals surface area contributed by atoms with Gasteiger partial charge >= 0.3 is 5.00 Å². The van der Waals surface area contributed by atoms with E-state index in [-0.39, 0.29) is 10.9 Å². The second kappa shape index (κ2) is 4.58. The molecule has 0 saturated carbocycles. The molecular weight excluding hydrogens is 232 g/mol.